The summed E-state index contributed by atoms with van der Waals surface area (Å²) < 4.78 is 5.78. The molecule has 0 spiro atoms. The summed E-state index contributed by atoms with van der Waals surface area (Å²) in [6, 6.07) is 6.82. The van der Waals surface area contributed by atoms with E-state index >= 15 is 0 Å². The highest BCUT2D eigenvalue weighted by Gasteiger charge is 2.03. The van der Waals surface area contributed by atoms with Gasteiger partial charge >= 0.3 is 11.4 Å². The molecule has 80 valence electrons. The summed E-state index contributed by atoms with van der Waals surface area (Å²) in [6.07, 6.45) is 0. The summed E-state index contributed by atoms with van der Waals surface area (Å²) in [5.74, 6) is -0.635. The highest BCUT2D eigenvalue weighted by molar-refractivity contribution is 5.76. The maximum absolute atomic E-state index is 11.2. The molecule has 4 nitrogen and oxygen atoms in total. The molecule has 1 aromatic heterocycles. The van der Waals surface area contributed by atoms with Crippen molar-refractivity contribution in [1.82, 2.24) is 4.57 Å². The summed E-state index contributed by atoms with van der Waals surface area (Å²) in [5.41, 5.74) is 0.00227. The Morgan fingerprint density at radius 2 is 1.73 bits per heavy atom. The number of hydrogen-bond acceptors (Lipinski definition) is 3. The fourth-order valence-corrected chi connectivity index (χ4v) is 1.24. The average Bonchev–Trinajstić information content (AvgIpc) is 2.29. The molecule has 0 atom stereocenters. The number of benzene rings is 1. The van der Waals surface area contributed by atoms with Crippen LogP contribution >= 0.6 is 0 Å². The zero-order valence-corrected chi connectivity index (χ0v) is 8.98. The minimum atomic E-state index is -0.635. The van der Waals surface area contributed by atoms with Crippen molar-refractivity contribution in [3.05, 3.63) is 45.2 Å². The predicted octanol–water partition coefficient (Wildman–Crippen LogP) is 1.52. The van der Waals surface area contributed by atoms with Gasteiger partial charge in [0.2, 0.25) is 0 Å². The second-order valence-corrected chi connectivity index (χ2v) is 2.73. The van der Waals surface area contributed by atoms with Gasteiger partial charge in [0.15, 0.2) is 0 Å². The van der Waals surface area contributed by atoms with E-state index in [0.29, 0.717) is 10.9 Å². The molecule has 0 fully saturated rings. The van der Waals surface area contributed by atoms with Crippen molar-refractivity contribution in [2.75, 3.05) is 0 Å². The van der Waals surface area contributed by atoms with Crippen LogP contribution in [0.2, 0.25) is 0 Å². The minimum absolute atomic E-state index is 0.421. The molecule has 2 aromatic rings. The SMILES string of the molecule is CC.Cn1c(=O)oc(=O)c2ccccc21. The van der Waals surface area contributed by atoms with Crippen LogP contribution in [-0.4, -0.2) is 4.57 Å². The zero-order valence-electron chi connectivity index (χ0n) is 8.98. The molecule has 0 unspecified atom stereocenters. The van der Waals surface area contributed by atoms with Crippen molar-refractivity contribution >= 4 is 10.9 Å². The van der Waals surface area contributed by atoms with E-state index in [4.69, 9.17) is 0 Å². The van der Waals surface area contributed by atoms with Crippen molar-refractivity contribution in [3.8, 4) is 0 Å². The predicted molar refractivity (Wildman–Crippen MR) is 59.1 cm³/mol. The van der Waals surface area contributed by atoms with Gasteiger partial charge in [0, 0.05) is 7.05 Å². The van der Waals surface area contributed by atoms with Gasteiger partial charge in [0.1, 0.15) is 0 Å². The molecule has 0 aliphatic rings. The molecule has 1 aromatic carbocycles. The Morgan fingerprint density at radius 1 is 1.13 bits per heavy atom. The summed E-state index contributed by atoms with van der Waals surface area (Å²) in [6.45, 7) is 4.00. The Morgan fingerprint density at radius 3 is 2.40 bits per heavy atom. The molecule has 4 heteroatoms. The van der Waals surface area contributed by atoms with Gasteiger partial charge in [-0.25, -0.2) is 9.59 Å². The maximum Gasteiger partial charge on any atom is 0.422 e. The Labute approximate surface area is 86.8 Å². The number of para-hydroxylation sites is 1. The molecule has 0 saturated carbocycles. The van der Waals surface area contributed by atoms with Crippen molar-refractivity contribution in [2.45, 2.75) is 13.8 Å². The van der Waals surface area contributed by atoms with Crippen molar-refractivity contribution < 1.29 is 4.42 Å². The van der Waals surface area contributed by atoms with E-state index in [1.807, 2.05) is 13.8 Å². The number of aromatic nitrogens is 1. The van der Waals surface area contributed by atoms with E-state index in [9.17, 15) is 9.59 Å². The molecule has 0 amide bonds. The normalized spacial score (nSPS) is 9.53. The monoisotopic (exact) mass is 207 g/mol. The third-order valence-electron chi connectivity index (χ3n) is 1.94. The van der Waals surface area contributed by atoms with Crippen LogP contribution in [-0.2, 0) is 7.05 Å². The van der Waals surface area contributed by atoms with E-state index in [1.54, 1.807) is 31.3 Å². The zero-order chi connectivity index (χ0) is 11.4. The molecule has 0 N–H and O–H groups in total. The Balaban J connectivity index is 0.000000531. The molecule has 2 rings (SSSR count). The molecule has 0 bridgehead atoms. The van der Waals surface area contributed by atoms with Gasteiger partial charge < -0.3 is 4.42 Å². The lowest BCUT2D eigenvalue weighted by molar-refractivity contribution is 0.433. The topological polar surface area (TPSA) is 52.2 Å². The first-order valence-corrected chi connectivity index (χ1v) is 4.79. The second kappa shape index (κ2) is 4.59. The van der Waals surface area contributed by atoms with E-state index in [1.165, 1.54) is 4.57 Å². The minimum Gasteiger partial charge on any atom is -0.372 e. The van der Waals surface area contributed by atoms with Crippen LogP contribution in [0.4, 0.5) is 0 Å². The standard InChI is InChI=1S/C9H7NO3.C2H6/c1-10-7-5-3-2-4-6(7)8(11)13-9(10)12;1-2/h2-5H,1H3;1-2H3. The Bertz CT molecular complexity index is 566. The molecule has 0 saturated heterocycles. The molecule has 15 heavy (non-hydrogen) atoms. The summed E-state index contributed by atoms with van der Waals surface area (Å²) in [5, 5.41) is 0.421. The molecular formula is C11H13NO3. The summed E-state index contributed by atoms with van der Waals surface area (Å²) in [7, 11) is 1.56. The van der Waals surface area contributed by atoms with Crippen LogP contribution in [0.15, 0.2) is 38.3 Å². The van der Waals surface area contributed by atoms with Gasteiger partial charge in [-0.2, -0.15) is 0 Å². The quantitative estimate of drug-likeness (QED) is 0.658. The van der Waals surface area contributed by atoms with E-state index in [2.05, 4.69) is 4.42 Å². The lowest BCUT2D eigenvalue weighted by Gasteiger charge is -1.99. The molecule has 0 aliphatic carbocycles. The van der Waals surface area contributed by atoms with Gasteiger partial charge in [-0.1, -0.05) is 26.0 Å². The highest BCUT2D eigenvalue weighted by Crippen LogP contribution is 2.04. The number of rotatable bonds is 0. The third kappa shape index (κ3) is 1.98. The van der Waals surface area contributed by atoms with Crippen LogP contribution in [0.5, 0.6) is 0 Å². The average molecular weight is 207 g/mol. The Hall–Kier alpha value is -1.84. The van der Waals surface area contributed by atoms with Crippen LogP contribution in [0.25, 0.3) is 10.9 Å². The van der Waals surface area contributed by atoms with Crippen LogP contribution in [0.1, 0.15) is 13.8 Å². The molecule has 1 heterocycles. The first-order chi connectivity index (χ1) is 7.20. The molecule has 0 radical (unpaired) electrons. The number of hydrogen-bond donors (Lipinski definition) is 0. The molecular weight excluding hydrogens is 194 g/mol. The second-order valence-electron chi connectivity index (χ2n) is 2.73. The summed E-state index contributed by atoms with van der Waals surface area (Å²) in [4.78, 5) is 22.2. The molecule has 0 aliphatic heterocycles. The van der Waals surface area contributed by atoms with Gasteiger partial charge in [-0.15, -0.1) is 0 Å². The highest BCUT2D eigenvalue weighted by atomic mass is 16.4. The maximum atomic E-state index is 11.2. The van der Waals surface area contributed by atoms with Crippen LogP contribution < -0.4 is 11.4 Å². The largest absolute Gasteiger partial charge is 0.422 e. The van der Waals surface area contributed by atoms with E-state index in [-0.39, 0.29) is 0 Å². The van der Waals surface area contributed by atoms with Crippen molar-refractivity contribution in [3.63, 3.8) is 0 Å². The number of nitrogens with zero attached hydrogens (tertiary/aromatic N) is 1. The van der Waals surface area contributed by atoms with Gasteiger partial charge in [0.05, 0.1) is 10.9 Å². The van der Waals surface area contributed by atoms with Gasteiger partial charge in [0.25, 0.3) is 0 Å². The Kier molecular flexibility index (Phi) is 3.44. The van der Waals surface area contributed by atoms with Crippen LogP contribution in [0.3, 0.4) is 0 Å². The number of fused-ring (bicyclic) bond motifs is 1. The third-order valence-corrected chi connectivity index (χ3v) is 1.94. The fraction of sp³-hybridized carbons (Fsp3) is 0.273. The lowest BCUT2D eigenvalue weighted by Crippen LogP contribution is -2.22. The van der Waals surface area contributed by atoms with Crippen molar-refractivity contribution in [2.24, 2.45) is 7.05 Å². The first-order valence-electron chi connectivity index (χ1n) is 4.79. The van der Waals surface area contributed by atoms with E-state index < -0.39 is 11.4 Å². The van der Waals surface area contributed by atoms with E-state index in [0.717, 1.165) is 0 Å². The summed E-state index contributed by atoms with van der Waals surface area (Å²) >= 11 is 0. The smallest absolute Gasteiger partial charge is 0.372 e. The van der Waals surface area contributed by atoms with Gasteiger partial charge in [-0.3, -0.25) is 4.57 Å². The lowest BCUT2D eigenvalue weighted by atomic mass is 10.2. The first kappa shape index (κ1) is 11.2. The van der Waals surface area contributed by atoms with Crippen molar-refractivity contribution in [1.29, 1.82) is 0 Å². The number of aryl methyl sites for hydroxylation is 1. The van der Waals surface area contributed by atoms with Crippen LogP contribution in [0, 0.1) is 0 Å². The fourth-order valence-electron chi connectivity index (χ4n) is 1.24. The van der Waals surface area contributed by atoms with Gasteiger partial charge in [-0.05, 0) is 12.1 Å².